The summed E-state index contributed by atoms with van der Waals surface area (Å²) in [5.74, 6) is -4.29. The molecule has 0 heterocycles. The molecule has 0 bridgehead atoms. The van der Waals surface area contributed by atoms with Crippen molar-refractivity contribution < 1.29 is 28.0 Å². The standard InChI is InChI=1S/C12H12F2N2O5/c1-3-21-11(17)6-15(2)12(18)7-4-9(14)10(16(19)20)5-8(7)13/h4-5H,3,6H2,1-2H3. The molecule has 1 aromatic rings. The molecular formula is C12H12F2N2O5. The summed E-state index contributed by atoms with van der Waals surface area (Å²) in [7, 11) is 1.19. The largest absolute Gasteiger partial charge is 0.465 e. The van der Waals surface area contributed by atoms with Crippen LogP contribution in [0.5, 0.6) is 0 Å². The van der Waals surface area contributed by atoms with Crippen molar-refractivity contribution >= 4 is 17.6 Å². The van der Waals surface area contributed by atoms with Crippen LogP contribution in [-0.4, -0.2) is 41.9 Å². The van der Waals surface area contributed by atoms with E-state index in [4.69, 9.17) is 0 Å². The van der Waals surface area contributed by atoms with E-state index in [1.54, 1.807) is 6.92 Å². The first kappa shape index (κ1) is 16.5. The zero-order chi connectivity index (χ0) is 16.2. The van der Waals surface area contributed by atoms with E-state index >= 15 is 0 Å². The molecule has 0 saturated heterocycles. The first-order valence-electron chi connectivity index (χ1n) is 5.82. The third-order valence-electron chi connectivity index (χ3n) is 2.48. The second-order valence-corrected chi connectivity index (χ2v) is 4.01. The lowest BCUT2D eigenvalue weighted by atomic mass is 10.1. The Morgan fingerprint density at radius 2 is 1.95 bits per heavy atom. The van der Waals surface area contributed by atoms with Crippen LogP contribution in [0.3, 0.4) is 0 Å². The fraction of sp³-hybridized carbons (Fsp3) is 0.333. The number of hydrogen-bond acceptors (Lipinski definition) is 5. The van der Waals surface area contributed by atoms with Gasteiger partial charge in [0.05, 0.1) is 23.2 Å². The first-order valence-corrected chi connectivity index (χ1v) is 5.82. The lowest BCUT2D eigenvalue weighted by Crippen LogP contribution is -2.33. The molecule has 9 heteroatoms. The Balaban J connectivity index is 3.00. The van der Waals surface area contributed by atoms with Gasteiger partial charge in [0, 0.05) is 7.05 Å². The Hall–Kier alpha value is -2.58. The lowest BCUT2D eigenvalue weighted by Gasteiger charge is -2.16. The number of ether oxygens (including phenoxy) is 1. The molecular weight excluding hydrogens is 290 g/mol. The minimum atomic E-state index is -1.34. The number of benzene rings is 1. The van der Waals surface area contributed by atoms with E-state index in [1.807, 2.05) is 0 Å². The van der Waals surface area contributed by atoms with Gasteiger partial charge in [0.2, 0.25) is 5.82 Å². The molecule has 0 N–H and O–H groups in total. The number of esters is 1. The lowest BCUT2D eigenvalue weighted by molar-refractivity contribution is -0.387. The fourth-order valence-electron chi connectivity index (χ4n) is 1.52. The fourth-order valence-corrected chi connectivity index (χ4v) is 1.52. The van der Waals surface area contributed by atoms with Crippen LogP contribution in [0.4, 0.5) is 14.5 Å². The molecule has 114 valence electrons. The summed E-state index contributed by atoms with van der Waals surface area (Å²) in [6, 6.07) is 0.748. The first-order chi connectivity index (χ1) is 9.77. The van der Waals surface area contributed by atoms with E-state index < -0.39 is 46.2 Å². The van der Waals surface area contributed by atoms with Gasteiger partial charge in [-0.1, -0.05) is 0 Å². The highest BCUT2D eigenvalue weighted by atomic mass is 19.1. The van der Waals surface area contributed by atoms with E-state index in [-0.39, 0.29) is 6.61 Å². The summed E-state index contributed by atoms with van der Waals surface area (Å²) >= 11 is 0. The molecule has 0 spiro atoms. The number of hydrogen-bond donors (Lipinski definition) is 0. The molecule has 1 amide bonds. The quantitative estimate of drug-likeness (QED) is 0.467. The zero-order valence-electron chi connectivity index (χ0n) is 11.3. The van der Waals surface area contributed by atoms with Crippen molar-refractivity contribution in [3.05, 3.63) is 39.4 Å². The Morgan fingerprint density at radius 1 is 1.33 bits per heavy atom. The molecule has 0 aliphatic carbocycles. The Bertz CT molecular complexity index is 591. The summed E-state index contributed by atoms with van der Waals surface area (Å²) in [5, 5.41) is 10.4. The van der Waals surface area contributed by atoms with Gasteiger partial charge in [-0.15, -0.1) is 0 Å². The van der Waals surface area contributed by atoms with Gasteiger partial charge in [-0.2, -0.15) is 4.39 Å². The van der Waals surface area contributed by atoms with Gasteiger partial charge in [-0.25, -0.2) is 4.39 Å². The van der Waals surface area contributed by atoms with Crippen LogP contribution in [0.2, 0.25) is 0 Å². The van der Waals surface area contributed by atoms with Gasteiger partial charge in [-0.05, 0) is 13.0 Å². The number of nitro benzene ring substituents is 1. The maximum Gasteiger partial charge on any atom is 0.325 e. The number of rotatable bonds is 5. The molecule has 0 aliphatic heterocycles. The van der Waals surface area contributed by atoms with Crippen molar-refractivity contribution in [2.45, 2.75) is 6.92 Å². The molecule has 0 unspecified atom stereocenters. The number of carbonyl (C=O) groups excluding carboxylic acids is 2. The molecule has 7 nitrogen and oxygen atoms in total. The summed E-state index contributed by atoms with van der Waals surface area (Å²) < 4.78 is 31.7. The highest BCUT2D eigenvalue weighted by Gasteiger charge is 2.24. The third-order valence-corrected chi connectivity index (χ3v) is 2.48. The summed E-state index contributed by atoms with van der Waals surface area (Å²) in [6.07, 6.45) is 0. The highest BCUT2D eigenvalue weighted by molar-refractivity contribution is 5.96. The molecule has 0 fully saturated rings. The van der Waals surface area contributed by atoms with E-state index in [0.717, 1.165) is 4.90 Å². The van der Waals surface area contributed by atoms with Gasteiger partial charge < -0.3 is 9.64 Å². The van der Waals surface area contributed by atoms with Gasteiger partial charge >= 0.3 is 11.7 Å². The topological polar surface area (TPSA) is 89.8 Å². The number of amides is 1. The zero-order valence-corrected chi connectivity index (χ0v) is 11.3. The minimum absolute atomic E-state index is 0.112. The summed E-state index contributed by atoms with van der Waals surface area (Å²) in [5.41, 5.74) is -1.78. The average molecular weight is 302 g/mol. The number of carbonyl (C=O) groups is 2. The summed E-state index contributed by atoms with van der Waals surface area (Å²) in [4.78, 5) is 33.3. The van der Waals surface area contributed by atoms with Crippen LogP contribution in [0.25, 0.3) is 0 Å². The Labute approximate surface area is 118 Å². The second kappa shape index (κ2) is 6.73. The molecule has 0 aliphatic rings. The molecule has 0 aromatic heterocycles. The number of halogens is 2. The van der Waals surface area contributed by atoms with E-state index in [9.17, 15) is 28.5 Å². The Kier molecular flexibility index (Phi) is 5.28. The Morgan fingerprint density at radius 3 is 2.48 bits per heavy atom. The third kappa shape index (κ3) is 3.94. The predicted molar refractivity (Wildman–Crippen MR) is 66.6 cm³/mol. The van der Waals surface area contributed by atoms with E-state index in [1.165, 1.54) is 7.05 Å². The van der Waals surface area contributed by atoms with Crippen molar-refractivity contribution in [1.82, 2.24) is 4.90 Å². The van der Waals surface area contributed by atoms with E-state index in [2.05, 4.69) is 4.74 Å². The second-order valence-electron chi connectivity index (χ2n) is 4.01. The predicted octanol–water partition coefficient (Wildman–Crippen LogP) is 1.51. The van der Waals surface area contributed by atoms with Crippen molar-refractivity contribution in [2.75, 3.05) is 20.2 Å². The SMILES string of the molecule is CCOC(=O)CN(C)C(=O)c1cc(F)c([N+](=O)[O-])cc1F. The maximum absolute atomic E-state index is 13.7. The monoisotopic (exact) mass is 302 g/mol. The molecule has 0 radical (unpaired) electrons. The normalized spacial score (nSPS) is 10.1. The maximum atomic E-state index is 13.7. The van der Waals surface area contributed by atoms with Gasteiger partial charge in [0.1, 0.15) is 12.4 Å². The van der Waals surface area contributed by atoms with Crippen LogP contribution in [0.15, 0.2) is 12.1 Å². The van der Waals surface area contributed by atoms with Crippen LogP contribution in [0, 0.1) is 21.7 Å². The number of likely N-dealkylation sites (N-methyl/N-ethyl adjacent to an activating group) is 1. The molecule has 0 atom stereocenters. The number of nitro groups is 1. The van der Waals surface area contributed by atoms with Gasteiger partial charge in [-0.3, -0.25) is 19.7 Å². The molecule has 1 rings (SSSR count). The van der Waals surface area contributed by atoms with Crippen LogP contribution in [-0.2, 0) is 9.53 Å². The van der Waals surface area contributed by atoms with Crippen LogP contribution < -0.4 is 0 Å². The molecule has 21 heavy (non-hydrogen) atoms. The highest BCUT2D eigenvalue weighted by Crippen LogP contribution is 2.22. The number of nitrogens with zero attached hydrogens (tertiary/aromatic N) is 2. The average Bonchev–Trinajstić information content (AvgIpc) is 2.39. The minimum Gasteiger partial charge on any atom is -0.465 e. The van der Waals surface area contributed by atoms with Gasteiger partial charge in [0.25, 0.3) is 5.91 Å². The van der Waals surface area contributed by atoms with Crippen molar-refractivity contribution in [3.63, 3.8) is 0 Å². The van der Waals surface area contributed by atoms with Crippen molar-refractivity contribution in [1.29, 1.82) is 0 Å². The van der Waals surface area contributed by atoms with Crippen molar-refractivity contribution in [3.8, 4) is 0 Å². The van der Waals surface area contributed by atoms with E-state index in [0.29, 0.717) is 12.1 Å². The van der Waals surface area contributed by atoms with Gasteiger partial charge in [0.15, 0.2) is 0 Å². The van der Waals surface area contributed by atoms with Crippen molar-refractivity contribution in [2.24, 2.45) is 0 Å². The van der Waals surface area contributed by atoms with Crippen LogP contribution >= 0.6 is 0 Å². The molecule has 0 saturated carbocycles. The van der Waals surface area contributed by atoms with Crippen LogP contribution in [0.1, 0.15) is 17.3 Å². The molecule has 1 aromatic carbocycles. The summed E-state index contributed by atoms with van der Waals surface area (Å²) in [6.45, 7) is 1.23. The smallest absolute Gasteiger partial charge is 0.325 e.